The van der Waals surface area contributed by atoms with Crippen molar-refractivity contribution in [2.45, 2.75) is 13.5 Å². The van der Waals surface area contributed by atoms with Crippen molar-refractivity contribution in [3.8, 4) is 0 Å². The van der Waals surface area contributed by atoms with Crippen LogP contribution in [0.15, 0.2) is 40.0 Å². The van der Waals surface area contributed by atoms with E-state index >= 15 is 0 Å². The van der Waals surface area contributed by atoms with E-state index in [-0.39, 0.29) is 18.0 Å². The predicted octanol–water partition coefficient (Wildman–Crippen LogP) is 1.54. The summed E-state index contributed by atoms with van der Waals surface area (Å²) in [6, 6.07) is 4.61. The molecule has 2 aromatic rings. The highest BCUT2D eigenvalue weighted by Gasteiger charge is 2.06. The summed E-state index contributed by atoms with van der Waals surface area (Å²) in [5, 5.41) is 2.68. The molecular weight excluding hydrogens is 324 g/mol. The number of anilines is 2. The Hall–Kier alpha value is -2.15. The number of hydrogen-bond donors (Lipinski definition) is 2. The van der Waals surface area contributed by atoms with Gasteiger partial charge in [0.05, 0.1) is 11.9 Å². The van der Waals surface area contributed by atoms with Gasteiger partial charge in [0.1, 0.15) is 11.1 Å². The minimum Gasteiger partial charge on any atom is -0.398 e. The number of carbonyl (C=O) groups excluding carboxylic acids is 1. The molecule has 0 radical (unpaired) electrons. The maximum absolute atomic E-state index is 11.9. The van der Waals surface area contributed by atoms with Gasteiger partial charge < -0.3 is 15.6 Å². The maximum Gasteiger partial charge on any atom is 0.251 e. The van der Waals surface area contributed by atoms with Gasteiger partial charge in [0.15, 0.2) is 0 Å². The molecule has 2 rings (SSSR count). The molecule has 0 atom stereocenters. The van der Waals surface area contributed by atoms with E-state index in [1.54, 1.807) is 6.07 Å². The third-order valence-electron chi connectivity index (χ3n) is 2.62. The number of nitrogens with one attached hydrogen (secondary N) is 1. The van der Waals surface area contributed by atoms with Gasteiger partial charge in [-0.15, -0.1) is 0 Å². The summed E-state index contributed by atoms with van der Waals surface area (Å²) < 4.78 is 1.98. The van der Waals surface area contributed by atoms with Gasteiger partial charge in [-0.05, 0) is 40.5 Å². The fourth-order valence-corrected chi connectivity index (χ4v) is 1.87. The van der Waals surface area contributed by atoms with Crippen molar-refractivity contribution in [1.29, 1.82) is 0 Å². The molecule has 7 heteroatoms. The number of nitrogens with two attached hydrogens (primary N) is 1. The van der Waals surface area contributed by atoms with Crippen LogP contribution >= 0.6 is 15.9 Å². The van der Waals surface area contributed by atoms with Crippen LogP contribution in [0.5, 0.6) is 0 Å². The normalized spacial score (nSPS) is 10.3. The van der Waals surface area contributed by atoms with Crippen LogP contribution in [0.1, 0.15) is 5.56 Å². The molecule has 0 fully saturated rings. The Morgan fingerprint density at radius 1 is 1.50 bits per heavy atom. The van der Waals surface area contributed by atoms with Gasteiger partial charge >= 0.3 is 0 Å². The number of aromatic nitrogens is 2. The molecule has 1 amide bonds. The van der Waals surface area contributed by atoms with Crippen molar-refractivity contribution in [2.24, 2.45) is 0 Å². The molecule has 6 nitrogen and oxygen atoms in total. The van der Waals surface area contributed by atoms with E-state index < -0.39 is 0 Å². The number of aryl methyl sites for hydroxylation is 1. The first-order valence-corrected chi connectivity index (χ1v) is 6.63. The first-order chi connectivity index (χ1) is 9.45. The van der Waals surface area contributed by atoms with Crippen LogP contribution in [0.3, 0.4) is 0 Å². The molecule has 0 aliphatic heterocycles. The second-order valence-electron chi connectivity index (χ2n) is 4.31. The minimum absolute atomic E-state index is 0.0982. The Morgan fingerprint density at radius 3 is 2.95 bits per heavy atom. The van der Waals surface area contributed by atoms with Crippen molar-refractivity contribution in [3.63, 3.8) is 0 Å². The number of rotatable bonds is 3. The Kier molecular flexibility index (Phi) is 4.19. The molecule has 0 aliphatic rings. The van der Waals surface area contributed by atoms with Crippen LogP contribution in [0.25, 0.3) is 0 Å². The fourth-order valence-electron chi connectivity index (χ4n) is 1.66. The molecule has 0 aliphatic carbocycles. The summed E-state index contributed by atoms with van der Waals surface area (Å²) in [5.41, 5.74) is 7.22. The Labute approximate surface area is 123 Å². The third-order valence-corrected chi connectivity index (χ3v) is 3.45. The average molecular weight is 337 g/mol. The van der Waals surface area contributed by atoms with Crippen molar-refractivity contribution in [3.05, 3.63) is 51.1 Å². The van der Waals surface area contributed by atoms with E-state index in [9.17, 15) is 9.59 Å². The Morgan fingerprint density at radius 2 is 2.25 bits per heavy atom. The third kappa shape index (κ3) is 3.45. The molecular formula is C13H13BrN4O2. The second-order valence-corrected chi connectivity index (χ2v) is 5.06. The number of nitrogens with zero attached hydrogens (tertiary/aromatic N) is 2. The summed E-state index contributed by atoms with van der Waals surface area (Å²) in [5.74, 6) is -0.318. The van der Waals surface area contributed by atoms with E-state index in [1.165, 1.54) is 29.1 Å². The van der Waals surface area contributed by atoms with Crippen LogP contribution in [-0.4, -0.2) is 15.5 Å². The SMILES string of the molecule is Cc1cc(NC(=O)Cn2cc(N)ccc2=O)cnc1Br. The van der Waals surface area contributed by atoms with Gasteiger partial charge in [0.25, 0.3) is 5.56 Å². The van der Waals surface area contributed by atoms with Crippen LogP contribution in [-0.2, 0) is 11.3 Å². The molecule has 0 spiro atoms. The zero-order valence-corrected chi connectivity index (χ0v) is 12.3. The molecule has 0 bridgehead atoms. The number of amides is 1. The Balaban J connectivity index is 2.11. The van der Waals surface area contributed by atoms with Gasteiger partial charge in [0, 0.05) is 18.0 Å². The largest absolute Gasteiger partial charge is 0.398 e. The van der Waals surface area contributed by atoms with Crippen molar-refractivity contribution >= 4 is 33.2 Å². The molecule has 0 unspecified atom stereocenters. The molecule has 2 heterocycles. The number of hydrogen-bond acceptors (Lipinski definition) is 4. The number of nitrogen functional groups attached to an aromatic ring is 1. The highest BCUT2D eigenvalue weighted by molar-refractivity contribution is 9.10. The van der Waals surface area contributed by atoms with Crippen molar-refractivity contribution in [2.75, 3.05) is 11.1 Å². The highest BCUT2D eigenvalue weighted by Crippen LogP contribution is 2.16. The lowest BCUT2D eigenvalue weighted by Gasteiger charge is -2.08. The summed E-state index contributed by atoms with van der Waals surface area (Å²) in [4.78, 5) is 27.5. The highest BCUT2D eigenvalue weighted by atomic mass is 79.9. The monoisotopic (exact) mass is 336 g/mol. The van der Waals surface area contributed by atoms with E-state index in [1.807, 2.05) is 6.92 Å². The molecule has 104 valence electrons. The van der Waals surface area contributed by atoms with Gasteiger partial charge in [-0.1, -0.05) is 0 Å². The maximum atomic E-state index is 11.9. The summed E-state index contributed by atoms with van der Waals surface area (Å²) >= 11 is 3.28. The van der Waals surface area contributed by atoms with E-state index in [4.69, 9.17) is 5.73 Å². The predicted molar refractivity (Wildman–Crippen MR) is 80.4 cm³/mol. The summed E-state index contributed by atoms with van der Waals surface area (Å²) in [6.45, 7) is 1.77. The zero-order valence-electron chi connectivity index (χ0n) is 10.8. The standard InChI is InChI=1S/C13H13BrN4O2/c1-8-4-10(5-16-13(8)14)17-11(19)7-18-6-9(15)2-3-12(18)20/h2-6H,7,15H2,1H3,(H,17,19). The van der Waals surface area contributed by atoms with Gasteiger partial charge in [-0.3, -0.25) is 9.59 Å². The molecule has 0 saturated heterocycles. The Bertz CT molecular complexity index is 712. The van der Waals surface area contributed by atoms with Crippen molar-refractivity contribution in [1.82, 2.24) is 9.55 Å². The smallest absolute Gasteiger partial charge is 0.251 e. The number of carbonyl (C=O) groups is 1. The zero-order chi connectivity index (χ0) is 14.7. The minimum atomic E-state index is -0.318. The lowest BCUT2D eigenvalue weighted by Crippen LogP contribution is -2.27. The molecule has 3 N–H and O–H groups in total. The second kappa shape index (κ2) is 5.87. The number of pyridine rings is 2. The quantitative estimate of drug-likeness (QED) is 0.832. The first-order valence-electron chi connectivity index (χ1n) is 5.83. The average Bonchev–Trinajstić information content (AvgIpc) is 2.38. The van der Waals surface area contributed by atoms with E-state index in [2.05, 4.69) is 26.2 Å². The molecule has 0 aromatic carbocycles. The van der Waals surface area contributed by atoms with Crippen molar-refractivity contribution < 1.29 is 4.79 Å². The lowest BCUT2D eigenvalue weighted by atomic mass is 10.3. The fraction of sp³-hybridized carbons (Fsp3) is 0.154. The first kappa shape index (κ1) is 14.3. The molecule has 20 heavy (non-hydrogen) atoms. The van der Waals surface area contributed by atoms with Crippen LogP contribution < -0.4 is 16.6 Å². The summed E-state index contributed by atoms with van der Waals surface area (Å²) in [6.07, 6.45) is 2.98. The molecule has 2 aromatic heterocycles. The van der Waals surface area contributed by atoms with Crippen LogP contribution in [0, 0.1) is 6.92 Å². The van der Waals surface area contributed by atoms with Gasteiger partial charge in [-0.2, -0.15) is 0 Å². The summed E-state index contributed by atoms with van der Waals surface area (Å²) in [7, 11) is 0. The lowest BCUT2D eigenvalue weighted by molar-refractivity contribution is -0.116. The van der Waals surface area contributed by atoms with E-state index in [0.29, 0.717) is 11.4 Å². The van der Waals surface area contributed by atoms with Gasteiger partial charge in [0.2, 0.25) is 5.91 Å². The van der Waals surface area contributed by atoms with Gasteiger partial charge in [-0.25, -0.2) is 4.98 Å². The van der Waals surface area contributed by atoms with E-state index in [0.717, 1.165) is 10.2 Å². The van der Waals surface area contributed by atoms with Crippen LogP contribution in [0.4, 0.5) is 11.4 Å². The molecule has 0 saturated carbocycles. The van der Waals surface area contributed by atoms with Crippen LogP contribution in [0.2, 0.25) is 0 Å². The topological polar surface area (TPSA) is 90.0 Å². The number of halogens is 1.